The molecule has 3 rings (SSSR count). The Morgan fingerprint density at radius 2 is 2.15 bits per heavy atom. The van der Waals surface area contributed by atoms with Crippen molar-refractivity contribution in [3.63, 3.8) is 0 Å². The van der Waals surface area contributed by atoms with Gasteiger partial charge in [-0.15, -0.1) is 0 Å². The molecule has 0 fully saturated rings. The normalized spacial score (nSPS) is 13.6. The van der Waals surface area contributed by atoms with Crippen molar-refractivity contribution in [3.05, 3.63) is 63.6 Å². The number of carbonyl (C=O) groups excluding carboxylic acids is 1. The van der Waals surface area contributed by atoms with Gasteiger partial charge >= 0.3 is 0 Å². The average Bonchev–Trinajstić information content (AvgIpc) is 2.47. The van der Waals surface area contributed by atoms with Gasteiger partial charge in [-0.1, -0.05) is 12.1 Å². The van der Waals surface area contributed by atoms with Crippen LogP contribution in [0, 0.1) is 0 Å². The molecule has 0 saturated heterocycles. The first-order valence-corrected chi connectivity index (χ1v) is 6.55. The van der Waals surface area contributed by atoms with E-state index < -0.39 is 0 Å². The van der Waals surface area contributed by atoms with Crippen molar-refractivity contribution in [1.82, 2.24) is 10.3 Å². The van der Waals surface area contributed by atoms with Crippen LogP contribution in [0.4, 0.5) is 5.69 Å². The van der Waals surface area contributed by atoms with E-state index in [-0.39, 0.29) is 11.5 Å². The lowest BCUT2D eigenvalue weighted by Gasteiger charge is -2.20. The maximum Gasteiger partial charge on any atom is 0.255 e. The Kier molecular flexibility index (Phi) is 3.35. The quantitative estimate of drug-likeness (QED) is 0.768. The molecule has 0 atom stereocenters. The molecule has 0 spiro atoms. The third-order valence-corrected chi connectivity index (χ3v) is 3.43. The zero-order valence-electron chi connectivity index (χ0n) is 10.9. The smallest absolute Gasteiger partial charge is 0.255 e. The van der Waals surface area contributed by atoms with Crippen molar-refractivity contribution < 1.29 is 4.79 Å². The molecule has 0 saturated carbocycles. The summed E-state index contributed by atoms with van der Waals surface area (Å²) >= 11 is 0. The molecule has 1 aromatic heterocycles. The van der Waals surface area contributed by atoms with Gasteiger partial charge in [-0.25, -0.2) is 0 Å². The number of aromatic nitrogens is 1. The molecule has 0 radical (unpaired) electrons. The van der Waals surface area contributed by atoms with Crippen molar-refractivity contribution in [2.75, 3.05) is 11.9 Å². The van der Waals surface area contributed by atoms with E-state index in [9.17, 15) is 9.59 Å². The van der Waals surface area contributed by atoms with Gasteiger partial charge in [0.2, 0.25) is 5.56 Å². The molecule has 1 amide bonds. The third kappa shape index (κ3) is 2.48. The lowest BCUT2D eigenvalue weighted by atomic mass is 9.99. The van der Waals surface area contributed by atoms with Gasteiger partial charge in [0.05, 0.1) is 0 Å². The number of hydrogen-bond acceptors (Lipinski definition) is 3. The highest BCUT2D eigenvalue weighted by Crippen LogP contribution is 2.23. The molecule has 1 aliphatic heterocycles. The topological polar surface area (TPSA) is 74.0 Å². The van der Waals surface area contributed by atoms with Gasteiger partial charge in [-0.3, -0.25) is 9.59 Å². The first-order valence-electron chi connectivity index (χ1n) is 6.55. The van der Waals surface area contributed by atoms with E-state index >= 15 is 0 Å². The molecule has 0 aliphatic carbocycles. The summed E-state index contributed by atoms with van der Waals surface area (Å²) in [6.45, 7) is 1.71. The van der Waals surface area contributed by atoms with Gasteiger partial charge in [0.25, 0.3) is 5.91 Å². The first-order chi connectivity index (χ1) is 9.74. The number of benzene rings is 1. The third-order valence-electron chi connectivity index (χ3n) is 3.43. The van der Waals surface area contributed by atoms with Crippen LogP contribution in [0.1, 0.15) is 21.5 Å². The predicted octanol–water partition coefficient (Wildman–Crippen LogP) is 1.27. The van der Waals surface area contributed by atoms with E-state index in [4.69, 9.17) is 0 Å². The van der Waals surface area contributed by atoms with Crippen molar-refractivity contribution >= 4 is 11.6 Å². The standard InChI is InChI=1S/C15H15N3O2/c19-14-8-11(5-7-17-14)15(20)18-13-3-1-2-10-4-6-16-9-12(10)13/h1-3,5,7-8,16H,4,6,9H2,(H,17,19)(H,18,20). The lowest BCUT2D eigenvalue weighted by Crippen LogP contribution is -2.25. The highest BCUT2D eigenvalue weighted by molar-refractivity contribution is 6.04. The summed E-state index contributed by atoms with van der Waals surface area (Å²) in [5.41, 5.74) is 3.26. The number of pyridine rings is 1. The number of H-pyrrole nitrogens is 1. The molecule has 2 heterocycles. The Morgan fingerprint density at radius 1 is 1.25 bits per heavy atom. The maximum absolute atomic E-state index is 12.2. The number of amides is 1. The average molecular weight is 269 g/mol. The molecule has 0 bridgehead atoms. The van der Waals surface area contributed by atoms with E-state index in [0.29, 0.717) is 5.56 Å². The Balaban J connectivity index is 1.88. The van der Waals surface area contributed by atoms with Crippen molar-refractivity contribution in [2.45, 2.75) is 13.0 Å². The van der Waals surface area contributed by atoms with E-state index in [0.717, 1.165) is 30.8 Å². The summed E-state index contributed by atoms with van der Waals surface area (Å²) in [6, 6.07) is 8.79. The molecule has 0 unspecified atom stereocenters. The van der Waals surface area contributed by atoms with Crippen LogP contribution in [0.25, 0.3) is 0 Å². The van der Waals surface area contributed by atoms with Gasteiger partial charge in [0.1, 0.15) is 0 Å². The molecule has 2 aromatic rings. The molecule has 20 heavy (non-hydrogen) atoms. The summed E-state index contributed by atoms with van der Waals surface area (Å²) in [5, 5.41) is 6.18. The van der Waals surface area contributed by atoms with Crippen molar-refractivity contribution in [3.8, 4) is 0 Å². The minimum atomic E-state index is -0.283. The molecule has 1 aromatic carbocycles. The van der Waals surface area contributed by atoms with Crippen LogP contribution >= 0.6 is 0 Å². The van der Waals surface area contributed by atoms with Gasteiger partial charge in [0.15, 0.2) is 0 Å². The Labute approximate surface area is 116 Å². The van der Waals surface area contributed by atoms with Crippen LogP contribution in [-0.4, -0.2) is 17.4 Å². The van der Waals surface area contributed by atoms with E-state index in [1.165, 1.54) is 17.8 Å². The Morgan fingerprint density at radius 3 is 3.00 bits per heavy atom. The van der Waals surface area contributed by atoms with Gasteiger partial charge < -0.3 is 15.6 Å². The Hall–Kier alpha value is -2.40. The number of fused-ring (bicyclic) bond motifs is 1. The minimum Gasteiger partial charge on any atom is -0.329 e. The molecule has 1 aliphatic rings. The molecule has 102 valence electrons. The summed E-state index contributed by atoms with van der Waals surface area (Å²) in [5.74, 6) is -0.268. The van der Waals surface area contributed by atoms with Gasteiger partial charge in [-0.05, 0) is 36.2 Å². The molecular weight excluding hydrogens is 254 g/mol. The number of nitrogens with one attached hydrogen (secondary N) is 3. The van der Waals surface area contributed by atoms with Crippen molar-refractivity contribution in [2.24, 2.45) is 0 Å². The van der Waals surface area contributed by atoms with Crippen molar-refractivity contribution in [1.29, 1.82) is 0 Å². The number of hydrogen-bond donors (Lipinski definition) is 3. The highest BCUT2D eigenvalue weighted by Gasteiger charge is 2.14. The largest absolute Gasteiger partial charge is 0.329 e. The minimum absolute atomic E-state index is 0.268. The lowest BCUT2D eigenvalue weighted by molar-refractivity contribution is 0.102. The second kappa shape index (κ2) is 5.30. The Bertz CT molecular complexity index is 706. The summed E-state index contributed by atoms with van der Waals surface area (Å²) in [4.78, 5) is 25.9. The first kappa shape index (κ1) is 12.6. The van der Waals surface area contributed by atoms with Crippen LogP contribution < -0.4 is 16.2 Å². The fraction of sp³-hybridized carbons (Fsp3) is 0.200. The maximum atomic E-state index is 12.2. The second-order valence-corrected chi connectivity index (χ2v) is 4.77. The number of carbonyl (C=O) groups is 1. The monoisotopic (exact) mass is 269 g/mol. The fourth-order valence-electron chi connectivity index (χ4n) is 2.41. The molecule has 5 nitrogen and oxygen atoms in total. The van der Waals surface area contributed by atoms with Crippen LogP contribution in [0.15, 0.2) is 41.3 Å². The van der Waals surface area contributed by atoms with Crippen LogP contribution in [0.2, 0.25) is 0 Å². The van der Waals surface area contributed by atoms with E-state index in [1.807, 2.05) is 12.1 Å². The van der Waals surface area contributed by atoms with Crippen LogP contribution in [0.3, 0.4) is 0 Å². The van der Waals surface area contributed by atoms with Gasteiger partial charge in [-0.2, -0.15) is 0 Å². The van der Waals surface area contributed by atoms with E-state index in [2.05, 4.69) is 21.7 Å². The molecular formula is C15H15N3O2. The van der Waals surface area contributed by atoms with Crippen LogP contribution in [0.5, 0.6) is 0 Å². The fourth-order valence-corrected chi connectivity index (χ4v) is 2.41. The zero-order chi connectivity index (χ0) is 13.9. The second-order valence-electron chi connectivity index (χ2n) is 4.77. The van der Waals surface area contributed by atoms with Gasteiger partial charge in [0, 0.05) is 30.1 Å². The summed E-state index contributed by atoms with van der Waals surface area (Å²) in [6.07, 6.45) is 2.43. The number of anilines is 1. The zero-order valence-corrected chi connectivity index (χ0v) is 10.9. The SMILES string of the molecule is O=C(Nc1cccc2c1CNCC2)c1cc[nH]c(=O)c1. The predicted molar refractivity (Wildman–Crippen MR) is 76.9 cm³/mol. The van der Waals surface area contributed by atoms with E-state index in [1.54, 1.807) is 6.07 Å². The summed E-state index contributed by atoms with van der Waals surface area (Å²) in [7, 11) is 0. The molecule has 5 heteroatoms. The number of aromatic amines is 1. The number of rotatable bonds is 2. The highest BCUT2D eigenvalue weighted by atomic mass is 16.2. The molecule has 3 N–H and O–H groups in total. The van der Waals surface area contributed by atoms with Crippen LogP contribution in [-0.2, 0) is 13.0 Å². The summed E-state index contributed by atoms with van der Waals surface area (Å²) < 4.78 is 0.